The average molecular weight is 202 g/mol. The number of hydrogen-bond acceptors (Lipinski definition) is 1. The summed E-state index contributed by atoms with van der Waals surface area (Å²) < 4.78 is 1.92. The van der Waals surface area contributed by atoms with Crippen LogP contribution in [0.15, 0.2) is 24.4 Å². The van der Waals surface area contributed by atoms with E-state index in [9.17, 15) is 0 Å². The SMILES string of the molecule is CC(C)C(C)c1ccc2c(cnn2C)c1. The predicted octanol–water partition coefficient (Wildman–Crippen LogP) is 3.33. The van der Waals surface area contributed by atoms with E-state index in [1.807, 2.05) is 17.9 Å². The quantitative estimate of drug-likeness (QED) is 0.730. The lowest BCUT2D eigenvalue weighted by molar-refractivity contribution is 0.535. The first-order chi connectivity index (χ1) is 7.09. The Morgan fingerprint density at radius 2 is 1.93 bits per heavy atom. The third kappa shape index (κ3) is 1.76. The van der Waals surface area contributed by atoms with Gasteiger partial charge in [-0.15, -0.1) is 0 Å². The van der Waals surface area contributed by atoms with Crippen LogP contribution in [0.25, 0.3) is 10.9 Å². The van der Waals surface area contributed by atoms with E-state index in [2.05, 4.69) is 44.1 Å². The summed E-state index contributed by atoms with van der Waals surface area (Å²) in [6.07, 6.45) is 1.94. The minimum Gasteiger partial charge on any atom is -0.268 e. The summed E-state index contributed by atoms with van der Waals surface area (Å²) in [6, 6.07) is 6.64. The molecule has 0 aliphatic rings. The summed E-state index contributed by atoms with van der Waals surface area (Å²) in [4.78, 5) is 0. The molecule has 2 rings (SSSR count). The average Bonchev–Trinajstić information content (AvgIpc) is 2.59. The molecule has 0 amide bonds. The smallest absolute Gasteiger partial charge is 0.0679 e. The maximum atomic E-state index is 4.26. The van der Waals surface area contributed by atoms with Gasteiger partial charge in [-0.2, -0.15) is 5.10 Å². The molecule has 2 heteroatoms. The van der Waals surface area contributed by atoms with Crippen molar-refractivity contribution in [2.75, 3.05) is 0 Å². The lowest BCUT2D eigenvalue weighted by Crippen LogP contribution is -2.01. The fourth-order valence-electron chi connectivity index (χ4n) is 1.85. The molecule has 15 heavy (non-hydrogen) atoms. The van der Waals surface area contributed by atoms with E-state index in [-0.39, 0.29) is 0 Å². The summed E-state index contributed by atoms with van der Waals surface area (Å²) in [5.74, 6) is 1.29. The van der Waals surface area contributed by atoms with Crippen LogP contribution in [-0.2, 0) is 7.05 Å². The highest BCUT2D eigenvalue weighted by Crippen LogP contribution is 2.26. The number of aryl methyl sites for hydroxylation is 1. The molecule has 2 nitrogen and oxygen atoms in total. The molecule has 80 valence electrons. The fourth-order valence-corrected chi connectivity index (χ4v) is 1.85. The molecule has 0 saturated heterocycles. The second-order valence-electron chi connectivity index (χ2n) is 4.62. The summed E-state index contributed by atoms with van der Waals surface area (Å²) in [5, 5.41) is 5.50. The van der Waals surface area contributed by atoms with E-state index >= 15 is 0 Å². The highest BCUT2D eigenvalue weighted by Gasteiger charge is 2.10. The molecule has 0 saturated carbocycles. The van der Waals surface area contributed by atoms with Crippen LogP contribution in [-0.4, -0.2) is 9.78 Å². The third-order valence-electron chi connectivity index (χ3n) is 3.30. The predicted molar refractivity (Wildman–Crippen MR) is 64.0 cm³/mol. The maximum absolute atomic E-state index is 4.26. The molecule has 1 heterocycles. The number of benzene rings is 1. The van der Waals surface area contributed by atoms with Crippen LogP contribution in [0.3, 0.4) is 0 Å². The Bertz CT molecular complexity index is 468. The summed E-state index contributed by atoms with van der Waals surface area (Å²) in [5.41, 5.74) is 2.61. The Kier molecular flexibility index (Phi) is 2.51. The molecule has 0 aliphatic carbocycles. The van der Waals surface area contributed by atoms with Crippen LogP contribution >= 0.6 is 0 Å². The van der Waals surface area contributed by atoms with E-state index in [1.165, 1.54) is 16.5 Å². The first kappa shape index (κ1) is 10.2. The van der Waals surface area contributed by atoms with Gasteiger partial charge in [-0.3, -0.25) is 4.68 Å². The Morgan fingerprint density at radius 1 is 1.20 bits per heavy atom. The second-order valence-corrected chi connectivity index (χ2v) is 4.62. The first-order valence-corrected chi connectivity index (χ1v) is 5.51. The topological polar surface area (TPSA) is 17.8 Å². The van der Waals surface area contributed by atoms with Gasteiger partial charge in [-0.05, 0) is 29.5 Å². The molecule has 0 fully saturated rings. The molecule has 2 aromatic rings. The van der Waals surface area contributed by atoms with Crippen molar-refractivity contribution in [1.29, 1.82) is 0 Å². The van der Waals surface area contributed by atoms with Gasteiger partial charge >= 0.3 is 0 Å². The Balaban J connectivity index is 2.47. The lowest BCUT2D eigenvalue weighted by Gasteiger charge is -2.15. The molecule has 0 aliphatic heterocycles. The van der Waals surface area contributed by atoms with Crippen LogP contribution < -0.4 is 0 Å². The highest BCUT2D eigenvalue weighted by atomic mass is 15.2. The monoisotopic (exact) mass is 202 g/mol. The largest absolute Gasteiger partial charge is 0.268 e. The second kappa shape index (κ2) is 3.69. The molecular weight excluding hydrogens is 184 g/mol. The zero-order valence-corrected chi connectivity index (χ0v) is 9.86. The molecule has 0 radical (unpaired) electrons. The van der Waals surface area contributed by atoms with Crippen molar-refractivity contribution in [3.63, 3.8) is 0 Å². The van der Waals surface area contributed by atoms with Gasteiger partial charge in [0.25, 0.3) is 0 Å². The Labute approximate surface area is 90.9 Å². The third-order valence-corrected chi connectivity index (χ3v) is 3.30. The minimum atomic E-state index is 0.606. The summed E-state index contributed by atoms with van der Waals surface area (Å²) in [7, 11) is 1.98. The van der Waals surface area contributed by atoms with E-state index in [1.54, 1.807) is 0 Å². The number of aromatic nitrogens is 2. The van der Waals surface area contributed by atoms with Gasteiger partial charge in [0, 0.05) is 12.4 Å². The lowest BCUT2D eigenvalue weighted by atomic mass is 9.90. The first-order valence-electron chi connectivity index (χ1n) is 5.51. The zero-order chi connectivity index (χ0) is 11.0. The fraction of sp³-hybridized carbons (Fsp3) is 0.462. The molecule has 1 aromatic heterocycles. The molecule has 1 atom stereocenters. The van der Waals surface area contributed by atoms with Gasteiger partial charge in [-0.1, -0.05) is 26.8 Å². The van der Waals surface area contributed by atoms with Crippen molar-refractivity contribution in [3.8, 4) is 0 Å². The van der Waals surface area contributed by atoms with Gasteiger partial charge in [0.15, 0.2) is 0 Å². The molecule has 1 unspecified atom stereocenters. The number of rotatable bonds is 2. The van der Waals surface area contributed by atoms with Gasteiger partial charge in [0.2, 0.25) is 0 Å². The van der Waals surface area contributed by atoms with Crippen molar-refractivity contribution in [3.05, 3.63) is 30.0 Å². The normalized spacial score (nSPS) is 13.7. The Morgan fingerprint density at radius 3 is 2.60 bits per heavy atom. The van der Waals surface area contributed by atoms with Crippen molar-refractivity contribution >= 4 is 10.9 Å². The van der Waals surface area contributed by atoms with E-state index < -0.39 is 0 Å². The van der Waals surface area contributed by atoms with Crippen molar-refractivity contribution in [2.24, 2.45) is 13.0 Å². The van der Waals surface area contributed by atoms with E-state index in [0.717, 1.165) is 0 Å². The molecule has 0 spiro atoms. The Hall–Kier alpha value is -1.31. The number of fused-ring (bicyclic) bond motifs is 1. The molecule has 1 aromatic carbocycles. The molecule has 0 N–H and O–H groups in total. The summed E-state index contributed by atoms with van der Waals surface area (Å²) >= 11 is 0. The van der Waals surface area contributed by atoms with Gasteiger partial charge < -0.3 is 0 Å². The van der Waals surface area contributed by atoms with Crippen molar-refractivity contribution in [1.82, 2.24) is 9.78 Å². The van der Waals surface area contributed by atoms with E-state index in [4.69, 9.17) is 0 Å². The molecular formula is C13H18N2. The van der Waals surface area contributed by atoms with Crippen molar-refractivity contribution < 1.29 is 0 Å². The number of nitrogens with zero attached hydrogens (tertiary/aromatic N) is 2. The van der Waals surface area contributed by atoms with Crippen LogP contribution in [0, 0.1) is 5.92 Å². The highest BCUT2D eigenvalue weighted by molar-refractivity contribution is 5.79. The van der Waals surface area contributed by atoms with E-state index in [0.29, 0.717) is 11.8 Å². The van der Waals surface area contributed by atoms with Crippen LogP contribution in [0.5, 0.6) is 0 Å². The van der Waals surface area contributed by atoms with Crippen LogP contribution in [0.1, 0.15) is 32.3 Å². The van der Waals surface area contributed by atoms with Crippen LogP contribution in [0.2, 0.25) is 0 Å². The number of hydrogen-bond donors (Lipinski definition) is 0. The summed E-state index contributed by atoms with van der Waals surface area (Å²) in [6.45, 7) is 6.80. The molecule has 0 bridgehead atoms. The zero-order valence-electron chi connectivity index (χ0n) is 9.86. The van der Waals surface area contributed by atoms with Crippen molar-refractivity contribution in [2.45, 2.75) is 26.7 Å². The standard InChI is InChI=1S/C13H18N2/c1-9(2)10(3)11-5-6-13-12(7-11)8-14-15(13)4/h5-10H,1-4H3. The van der Waals surface area contributed by atoms with Gasteiger partial charge in [0.05, 0.1) is 11.7 Å². The van der Waals surface area contributed by atoms with Gasteiger partial charge in [0.1, 0.15) is 0 Å². The van der Waals surface area contributed by atoms with Gasteiger partial charge in [-0.25, -0.2) is 0 Å². The van der Waals surface area contributed by atoms with Crippen LogP contribution in [0.4, 0.5) is 0 Å². The minimum absolute atomic E-state index is 0.606. The maximum Gasteiger partial charge on any atom is 0.0679 e.